The minimum Gasteiger partial charge on any atom is -0.496 e. The second-order valence-electron chi connectivity index (χ2n) is 5.59. The molecular formula is C16H25ClN2O2. The molecule has 1 aliphatic heterocycles. The molecule has 1 aromatic rings. The first-order valence-corrected chi connectivity index (χ1v) is 8.01. The highest BCUT2D eigenvalue weighted by Gasteiger charge is 2.17. The Balaban J connectivity index is 1.90. The normalized spacial score (nSPS) is 20.2. The van der Waals surface area contributed by atoms with Gasteiger partial charge in [-0.05, 0) is 62.3 Å². The second kappa shape index (κ2) is 8.59. The van der Waals surface area contributed by atoms with Crippen LogP contribution >= 0.6 is 11.6 Å². The van der Waals surface area contributed by atoms with Crippen molar-refractivity contribution >= 4 is 11.6 Å². The summed E-state index contributed by atoms with van der Waals surface area (Å²) in [7, 11) is 1.67. The third-order valence-electron chi connectivity index (χ3n) is 4.06. The lowest BCUT2D eigenvalue weighted by atomic mass is 9.97. The van der Waals surface area contributed by atoms with Gasteiger partial charge in [-0.3, -0.25) is 11.3 Å². The van der Waals surface area contributed by atoms with Crippen molar-refractivity contribution in [3.05, 3.63) is 28.8 Å². The van der Waals surface area contributed by atoms with Crippen molar-refractivity contribution in [2.45, 2.75) is 50.7 Å². The van der Waals surface area contributed by atoms with Crippen LogP contribution in [0.2, 0.25) is 5.02 Å². The average Bonchev–Trinajstić information content (AvgIpc) is 2.52. The van der Waals surface area contributed by atoms with Gasteiger partial charge in [-0.25, -0.2) is 0 Å². The molecule has 2 rings (SSSR count). The van der Waals surface area contributed by atoms with E-state index in [1.54, 1.807) is 7.11 Å². The third-order valence-corrected chi connectivity index (χ3v) is 4.29. The Morgan fingerprint density at radius 3 is 3.00 bits per heavy atom. The zero-order chi connectivity index (χ0) is 15.1. The Morgan fingerprint density at radius 2 is 2.33 bits per heavy atom. The first-order valence-electron chi connectivity index (χ1n) is 7.63. The summed E-state index contributed by atoms with van der Waals surface area (Å²) in [5.41, 5.74) is 3.99. The number of hydrogen-bond acceptors (Lipinski definition) is 4. The van der Waals surface area contributed by atoms with Crippen molar-refractivity contribution in [3.8, 4) is 5.75 Å². The fraction of sp³-hybridized carbons (Fsp3) is 0.625. The topological polar surface area (TPSA) is 56.5 Å². The van der Waals surface area contributed by atoms with E-state index in [2.05, 4.69) is 5.43 Å². The molecule has 0 aliphatic carbocycles. The highest BCUT2D eigenvalue weighted by Crippen LogP contribution is 2.25. The van der Waals surface area contributed by atoms with Crippen LogP contribution < -0.4 is 16.0 Å². The maximum Gasteiger partial charge on any atom is 0.122 e. The van der Waals surface area contributed by atoms with Gasteiger partial charge in [0, 0.05) is 17.7 Å². The summed E-state index contributed by atoms with van der Waals surface area (Å²) in [6.07, 6.45) is 6.83. The SMILES string of the molecule is COc1ccc(Cl)cc1CC(CCC1CCCCO1)NN. The van der Waals surface area contributed by atoms with Crippen LogP contribution in [-0.4, -0.2) is 25.9 Å². The van der Waals surface area contributed by atoms with E-state index in [4.69, 9.17) is 26.9 Å². The van der Waals surface area contributed by atoms with Crippen LogP contribution in [0, 0.1) is 0 Å². The molecule has 1 heterocycles. The standard InChI is InChI=1S/C16H25ClN2O2/c1-20-16-8-5-13(17)10-12(16)11-14(19-18)6-7-15-4-2-3-9-21-15/h5,8,10,14-15,19H,2-4,6-7,9,11,18H2,1H3. The summed E-state index contributed by atoms with van der Waals surface area (Å²) in [6, 6.07) is 5.88. The van der Waals surface area contributed by atoms with Gasteiger partial charge < -0.3 is 9.47 Å². The van der Waals surface area contributed by atoms with Gasteiger partial charge in [0.1, 0.15) is 5.75 Å². The molecule has 0 saturated carbocycles. The molecule has 118 valence electrons. The zero-order valence-corrected chi connectivity index (χ0v) is 13.4. The minimum absolute atomic E-state index is 0.197. The molecule has 0 bridgehead atoms. The van der Waals surface area contributed by atoms with Crippen molar-refractivity contribution < 1.29 is 9.47 Å². The Hall–Kier alpha value is -0.810. The molecule has 1 fully saturated rings. The molecule has 3 N–H and O–H groups in total. The first kappa shape index (κ1) is 16.6. The predicted molar refractivity (Wildman–Crippen MR) is 85.6 cm³/mol. The molecule has 0 spiro atoms. The molecule has 21 heavy (non-hydrogen) atoms. The number of benzene rings is 1. The highest BCUT2D eigenvalue weighted by molar-refractivity contribution is 6.30. The monoisotopic (exact) mass is 312 g/mol. The Bertz CT molecular complexity index is 436. The summed E-state index contributed by atoms with van der Waals surface area (Å²) in [6.45, 7) is 0.896. The quantitative estimate of drug-likeness (QED) is 0.600. The maximum atomic E-state index is 6.07. The molecular weight excluding hydrogens is 288 g/mol. The van der Waals surface area contributed by atoms with Crippen molar-refractivity contribution in [3.63, 3.8) is 0 Å². The number of hydrazine groups is 1. The number of nitrogens with two attached hydrogens (primary N) is 1. The molecule has 0 radical (unpaired) electrons. The van der Waals surface area contributed by atoms with Crippen molar-refractivity contribution in [2.75, 3.05) is 13.7 Å². The molecule has 0 amide bonds. The molecule has 5 heteroatoms. The van der Waals surface area contributed by atoms with E-state index in [0.717, 1.165) is 48.6 Å². The Kier molecular flexibility index (Phi) is 6.77. The first-order chi connectivity index (χ1) is 10.2. The predicted octanol–water partition coefficient (Wildman–Crippen LogP) is 3.07. The largest absolute Gasteiger partial charge is 0.496 e. The number of hydrogen-bond donors (Lipinski definition) is 2. The summed E-state index contributed by atoms with van der Waals surface area (Å²) in [4.78, 5) is 0. The lowest BCUT2D eigenvalue weighted by molar-refractivity contribution is 0.00858. The number of halogens is 1. The van der Waals surface area contributed by atoms with E-state index >= 15 is 0 Å². The zero-order valence-electron chi connectivity index (χ0n) is 12.6. The van der Waals surface area contributed by atoms with Crippen molar-refractivity contribution in [1.29, 1.82) is 0 Å². The lowest BCUT2D eigenvalue weighted by Crippen LogP contribution is -2.37. The number of ether oxygens (including phenoxy) is 2. The highest BCUT2D eigenvalue weighted by atomic mass is 35.5. The Morgan fingerprint density at radius 1 is 1.48 bits per heavy atom. The molecule has 1 aliphatic rings. The molecule has 1 aromatic carbocycles. The summed E-state index contributed by atoms with van der Waals surface area (Å²) < 4.78 is 11.2. The van der Waals surface area contributed by atoms with Gasteiger partial charge in [0.05, 0.1) is 13.2 Å². The van der Waals surface area contributed by atoms with E-state index in [-0.39, 0.29) is 6.04 Å². The van der Waals surface area contributed by atoms with Crippen LogP contribution in [0.1, 0.15) is 37.7 Å². The van der Waals surface area contributed by atoms with Gasteiger partial charge in [0.25, 0.3) is 0 Å². The summed E-state index contributed by atoms with van der Waals surface area (Å²) in [5, 5.41) is 0.720. The van der Waals surface area contributed by atoms with E-state index in [9.17, 15) is 0 Å². The average molecular weight is 313 g/mol. The number of nitrogens with one attached hydrogen (secondary N) is 1. The van der Waals surface area contributed by atoms with Crippen molar-refractivity contribution in [2.24, 2.45) is 5.84 Å². The number of rotatable bonds is 7. The fourth-order valence-electron chi connectivity index (χ4n) is 2.84. The van der Waals surface area contributed by atoms with Gasteiger partial charge in [0.15, 0.2) is 0 Å². The maximum absolute atomic E-state index is 6.07. The molecule has 0 aromatic heterocycles. The molecule has 1 saturated heterocycles. The molecule has 2 unspecified atom stereocenters. The van der Waals surface area contributed by atoms with Gasteiger partial charge in [-0.15, -0.1) is 0 Å². The van der Waals surface area contributed by atoms with E-state index in [1.807, 2.05) is 18.2 Å². The molecule has 4 nitrogen and oxygen atoms in total. The fourth-order valence-corrected chi connectivity index (χ4v) is 3.03. The summed E-state index contributed by atoms with van der Waals surface area (Å²) in [5.74, 6) is 6.56. The summed E-state index contributed by atoms with van der Waals surface area (Å²) >= 11 is 6.07. The van der Waals surface area contributed by atoms with Crippen LogP contribution in [0.5, 0.6) is 5.75 Å². The third kappa shape index (κ3) is 5.15. The van der Waals surface area contributed by atoms with E-state index in [1.165, 1.54) is 12.8 Å². The van der Waals surface area contributed by atoms with Crippen LogP contribution in [0.3, 0.4) is 0 Å². The van der Waals surface area contributed by atoms with Gasteiger partial charge in [0.2, 0.25) is 0 Å². The van der Waals surface area contributed by atoms with E-state index < -0.39 is 0 Å². The van der Waals surface area contributed by atoms with Gasteiger partial charge in [-0.1, -0.05) is 11.6 Å². The van der Waals surface area contributed by atoms with Gasteiger partial charge in [-0.2, -0.15) is 0 Å². The smallest absolute Gasteiger partial charge is 0.122 e. The molecule has 2 atom stereocenters. The minimum atomic E-state index is 0.197. The van der Waals surface area contributed by atoms with Crippen LogP contribution in [0.4, 0.5) is 0 Å². The van der Waals surface area contributed by atoms with Crippen LogP contribution in [-0.2, 0) is 11.2 Å². The Labute approximate surface area is 131 Å². The lowest BCUT2D eigenvalue weighted by Gasteiger charge is -2.25. The van der Waals surface area contributed by atoms with Crippen molar-refractivity contribution in [1.82, 2.24) is 5.43 Å². The van der Waals surface area contributed by atoms with E-state index in [0.29, 0.717) is 6.10 Å². The van der Waals surface area contributed by atoms with Crippen LogP contribution in [0.25, 0.3) is 0 Å². The second-order valence-corrected chi connectivity index (χ2v) is 6.03. The van der Waals surface area contributed by atoms with Crippen LogP contribution in [0.15, 0.2) is 18.2 Å². The number of methoxy groups -OCH3 is 1. The van der Waals surface area contributed by atoms with Gasteiger partial charge >= 0.3 is 0 Å².